The van der Waals surface area contributed by atoms with Gasteiger partial charge in [-0.25, -0.2) is 0 Å². The number of carbonyl (C=O) groups is 1. The lowest BCUT2D eigenvalue weighted by Gasteiger charge is -2.14. The first-order chi connectivity index (χ1) is 8.75. The molecule has 4 nitrogen and oxygen atoms in total. The normalized spacial score (nSPS) is 16.9. The first-order valence-corrected chi connectivity index (χ1v) is 5.92. The summed E-state index contributed by atoms with van der Waals surface area (Å²) in [7, 11) is 1.88. The predicted molar refractivity (Wildman–Crippen MR) is 68.1 cm³/mol. The molecule has 3 rings (SSSR count). The van der Waals surface area contributed by atoms with Gasteiger partial charge in [-0.05, 0) is 30.5 Å². The Morgan fingerprint density at radius 1 is 1.33 bits per heavy atom. The van der Waals surface area contributed by atoms with Gasteiger partial charge < -0.3 is 0 Å². The summed E-state index contributed by atoms with van der Waals surface area (Å²) in [6.07, 6.45) is 8.70. The molecule has 18 heavy (non-hydrogen) atoms. The van der Waals surface area contributed by atoms with Crippen LogP contribution in [0.1, 0.15) is 28.0 Å². The largest absolute Gasteiger partial charge is 0.289 e. The number of aryl methyl sites for hydroxylation is 1. The quantitative estimate of drug-likeness (QED) is 0.715. The summed E-state index contributed by atoms with van der Waals surface area (Å²) >= 11 is 0. The van der Waals surface area contributed by atoms with Crippen LogP contribution in [0.2, 0.25) is 0 Å². The van der Waals surface area contributed by atoms with Gasteiger partial charge in [-0.15, -0.1) is 0 Å². The Kier molecular flexibility index (Phi) is 2.55. The van der Waals surface area contributed by atoms with Crippen LogP contribution >= 0.6 is 0 Å². The van der Waals surface area contributed by atoms with Crippen molar-refractivity contribution < 1.29 is 4.79 Å². The molecule has 1 aliphatic rings. The van der Waals surface area contributed by atoms with Crippen LogP contribution in [0, 0.1) is 0 Å². The van der Waals surface area contributed by atoms with E-state index in [1.165, 1.54) is 0 Å². The van der Waals surface area contributed by atoms with Gasteiger partial charge in [-0.3, -0.25) is 14.5 Å². The zero-order valence-electron chi connectivity index (χ0n) is 10.1. The van der Waals surface area contributed by atoms with Gasteiger partial charge in [0.1, 0.15) is 0 Å². The Morgan fingerprint density at radius 2 is 2.22 bits per heavy atom. The molecule has 0 aliphatic heterocycles. The molecule has 0 amide bonds. The molecule has 0 unspecified atom stereocenters. The number of rotatable bonds is 1. The van der Waals surface area contributed by atoms with Gasteiger partial charge in [0.25, 0.3) is 0 Å². The number of aromatic nitrogens is 3. The van der Waals surface area contributed by atoms with Gasteiger partial charge >= 0.3 is 0 Å². The molecule has 0 aromatic carbocycles. The van der Waals surface area contributed by atoms with Gasteiger partial charge in [0, 0.05) is 30.7 Å². The second kappa shape index (κ2) is 4.22. The molecular weight excluding hydrogens is 226 g/mol. The topological polar surface area (TPSA) is 47.8 Å². The van der Waals surface area contributed by atoms with Crippen molar-refractivity contribution >= 4 is 11.9 Å². The minimum absolute atomic E-state index is 0.0909. The predicted octanol–water partition coefficient (Wildman–Crippen LogP) is 2.03. The van der Waals surface area contributed by atoms with Crippen LogP contribution in [-0.4, -0.2) is 20.5 Å². The summed E-state index contributed by atoms with van der Waals surface area (Å²) in [5.74, 6) is 0.0909. The van der Waals surface area contributed by atoms with Gasteiger partial charge in [0.15, 0.2) is 5.78 Å². The van der Waals surface area contributed by atoms with Crippen LogP contribution in [0.3, 0.4) is 0 Å². The number of hydrogen-bond donors (Lipinski definition) is 0. The van der Waals surface area contributed by atoms with Crippen LogP contribution in [0.5, 0.6) is 0 Å². The number of hydrogen-bond acceptors (Lipinski definition) is 3. The molecule has 0 bridgehead atoms. The van der Waals surface area contributed by atoms with Crippen molar-refractivity contribution in [2.24, 2.45) is 7.05 Å². The molecular formula is C14H13N3O. The molecule has 2 aromatic heterocycles. The van der Waals surface area contributed by atoms with E-state index in [1.807, 2.05) is 25.3 Å². The minimum Gasteiger partial charge on any atom is -0.289 e. The maximum absolute atomic E-state index is 12.3. The van der Waals surface area contributed by atoms with Crippen LogP contribution in [0.15, 0.2) is 36.3 Å². The molecule has 2 aromatic rings. The Hall–Kier alpha value is -2.23. The van der Waals surface area contributed by atoms with Gasteiger partial charge in [0.05, 0.1) is 11.8 Å². The first-order valence-electron chi connectivity index (χ1n) is 5.92. The van der Waals surface area contributed by atoms with E-state index in [0.29, 0.717) is 0 Å². The maximum Gasteiger partial charge on any atom is 0.192 e. The fourth-order valence-corrected chi connectivity index (χ4v) is 2.29. The van der Waals surface area contributed by atoms with Gasteiger partial charge in [-0.2, -0.15) is 5.10 Å². The fourth-order valence-electron chi connectivity index (χ4n) is 2.29. The van der Waals surface area contributed by atoms with Crippen molar-refractivity contribution in [3.05, 3.63) is 53.1 Å². The molecule has 90 valence electrons. The highest BCUT2D eigenvalue weighted by Crippen LogP contribution is 2.25. The fraction of sp³-hybridized carbons (Fsp3) is 0.214. The third-order valence-corrected chi connectivity index (χ3v) is 3.25. The third-order valence-electron chi connectivity index (χ3n) is 3.25. The molecule has 1 aliphatic carbocycles. The second-order valence-corrected chi connectivity index (χ2v) is 4.41. The van der Waals surface area contributed by atoms with E-state index in [1.54, 1.807) is 23.3 Å². The van der Waals surface area contributed by atoms with E-state index < -0.39 is 0 Å². The summed E-state index contributed by atoms with van der Waals surface area (Å²) in [5, 5.41) is 4.15. The summed E-state index contributed by atoms with van der Waals surface area (Å²) < 4.78 is 1.79. The lowest BCUT2D eigenvalue weighted by atomic mass is 9.90. The lowest BCUT2D eigenvalue weighted by Crippen LogP contribution is -2.14. The number of ketones is 1. The first kappa shape index (κ1) is 10.9. The zero-order valence-corrected chi connectivity index (χ0v) is 10.1. The average molecular weight is 239 g/mol. The lowest BCUT2D eigenvalue weighted by molar-refractivity contribution is 0.102. The van der Waals surface area contributed by atoms with Crippen molar-refractivity contribution in [2.75, 3.05) is 0 Å². The number of nitrogens with zero attached hydrogens (tertiary/aromatic N) is 3. The summed E-state index contributed by atoms with van der Waals surface area (Å²) in [6, 6.07) is 3.82. The number of allylic oxidation sites excluding steroid dienone is 1. The van der Waals surface area contributed by atoms with Crippen molar-refractivity contribution in [3.63, 3.8) is 0 Å². The molecule has 2 heterocycles. The van der Waals surface area contributed by atoms with Crippen LogP contribution < -0.4 is 0 Å². The number of Topliss-reactive ketones (excluding diaryl/α,β-unsaturated/α-hetero) is 1. The van der Waals surface area contributed by atoms with E-state index in [2.05, 4.69) is 10.1 Å². The van der Waals surface area contributed by atoms with Crippen molar-refractivity contribution in [1.29, 1.82) is 0 Å². The Labute approximate surface area is 105 Å². The van der Waals surface area contributed by atoms with E-state index in [4.69, 9.17) is 0 Å². The average Bonchev–Trinajstić information content (AvgIpc) is 2.77. The molecule has 0 atom stereocenters. The number of fused-ring (bicyclic) bond motifs is 1. The summed E-state index contributed by atoms with van der Waals surface area (Å²) in [5.41, 5.74) is 3.57. The van der Waals surface area contributed by atoms with Crippen LogP contribution in [0.25, 0.3) is 6.08 Å². The monoisotopic (exact) mass is 239 g/mol. The zero-order chi connectivity index (χ0) is 12.5. The van der Waals surface area contributed by atoms with Gasteiger partial charge in [0.2, 0.25) is 0 Å². The third kappa shape index (κ3) is 1.76. The summed E-state index contributed by atoms with van der Waals surface area (Å²) in [6.45, 7) is 0. The van der Waals surface area contributed by atoms with E-state index in [0.717, 1.165) is 35.2 Å². The highest BCUT2D eigenvalue weighted by Gasteiger charge is 2.24. The smallest absolute Gasteiger partial charge is 0.192 e. The molecule has 0 saturated heterocycles. The van der Waals surface area contributed by atoms with Crippen molar-refractivity contribution in [1.82, 2.24) is 14.8 Å². The van der Waals surface area contributed by atoms with Crippen molar-refractivity contribution in [3.8, 4) is 0 Å². The van der Waals surface area contributed by atoms with Crippen molar-refractivity contribution in [2.45, 2.75) is 12.8 Å². The minimum atomic E-state index is 0.0909. The molecule has 0 fully saturated rings. The van der Waals surface area contributed by atoms with E-state index in [-0.39, 0.29) is 5.78 Å². The maximum atomic E-state index is 12.3. The van der Waals surface area contributed by atoms with Crippen LogP contribution in [0.4, 0.5) is 0 Å². The Balaban J connectivity index is 1.98. The Morgan fingerprint density at radius 3 is 3.00 bits per heavy atom. The molecule has 0 N–H and O–H groups in total. The number of carbonyl (C=O) groups excluding carboxylic acids is 1. The number of pyridine rings is 1. The molecule has 0 spiro atoms. The highest BCUT2D eigenvalue weighted by atomic mass is 16.1. The SMILES string of the molecule is Cn1ncc2c1CCC(=Cc1cccnc1)C2=O. The van der Waals surface area contributed by atoms with E-state index in [9.17, 15) is 4.79 Å². The Bertz CT molecular complexity index is 626. The summed E-state index contributed by atoms with van der Waals surface area (Å²) in [4.78, 5) is 16.3. The standard InChI is InChI=1S/C14H13N3O/c1-17-13-5-4-11(14(18)12(13)9-16-17)7-10-3-2-6-15-8-10/h2-3,6-9H,4-5H2,1H3. The molecule has 0 saturated carbocycles. The van der Waals surface area contributed by atoms with Crippen LogP contribution in [-0.2, 0) is 13.5 Å². The van der Waals surface area contributed by atoms with Gasteiger partial charge in [-0.1, -0.05) is 6.07 Å². The highest BCUT2D eigenvalue weighted by molar-refractivity contribution is 6.12. The van der Waals surface area contributed by atoms with E-state index >= 15 is 0 Å². The molecule has 0 radical (unpaired) electrons. The molecule has 4 heteroatoms. The second-order valence-electron chi connectivity index (χ2n) is 4.41.